The van der Waals surface area contributed by atoms with E-state index in [1.165, 1.54) is 16.5 Å². The van der Waals surface area contributed by atoms with E-state index in [1.54, 1.807) is 7.11 Å². The van der Waals surface area contributed by atoms with Gasteiger partial charge in [-0.3, -0.25) is 4.98 Å². The fourth-order valence-electron chi connectivity index (χ4n) is 2.93. The van der Waals surface area contributed by atoms with Crippen LogP contribution in [0.25, 0.3) is 11.3 Å². The molecule has 3 heteroatoms. The lowest BCUT2D eigenvalue weighted by Gasteiger charge is -2.34. The number of likely N-dealkylation sites (tertiary alicyclic amines) is 1. The van der Waals surface area contributed by atoms with Crippen molar-refractivity contribution in [2.24, 2.45) is 0 Å². The predicted octanol–water partition coefficient (Wildman–Crippen LogP) is 2.07. The first-order chi connectivity index (χ1) is 10.0. The van der Waals surface area contributed by atoms with Crippen LogP contribution in [0.5, 0.6) is 0 Å². The van der Waals surface area contributed by atoms with Crippen LogP contribution in [-0.4, -0.2) is 36.2 Å². The minimum absolute atomic E-state index is 0.385. The number of aromatic nitrogens is 1. The third-order valence-electron chi connectivity index (χ3n) is 4.07. The lowest BCUT2D eigenvalue weighted by molar-refractivity contribution is 0.0555. The first-order valence-corrected chi connectivity index (χ1v) is 7.61. The zero-order valence-electron chi connectivity index (χ0n) is 13.6. The smallest absolute Gasteiger partial charge is 0.0937 e. The molecule has 0 aliphatic carbocycles. The topological polar surface area (TPSA) is 25.4 Å². The maximum absolute atomic E-state index is 5.47. The number of methoxy groups -OCH3 is 1. The molecule has 0 bridgehead atoms. The number of hydrogen-bond donors (Lipinski definition) is 0. The highest BCUT2D eigenvalue weighted by molar-refractivity contribution is 5.60. The Morgan fingerprint density at radius 2 is 1.95 bits per heavy atom. The Labute approximate surface area is 127 Å². The van der Waals surface area contributed by atoms with E-state index in [2.05, 4.69) is 43.3 Å². The van der Waals surface area contributed by atoms with Crippen LogP contribution in [0, 0.1) is 0 Å². The van der Waals surface area contributed by atoms with E-state index in [4.69, 9.17) is 4.74 Å². The molecule has 0 unspecified atom stereocenters. The van der Waals surface area contributed by atoms with Crippen molar-refractivity contribution in [3.63, 3.8) is 0 Å². The number of nitrogens with zero attached hydrogens (tertiary/aromatic N) is 2. The molecule has 2 rings (SSSR count). The van der Waals surface area contributed by atoms with Gasteiger partial charge in [-0.15, -0.1) is 0 Å². The first-order valence-electron chi connectivity index (χ1n) is 7.61. The van der Waals surface area contributed by atoms with E-state index in [1.807, 2.05) is 12.3 Å². The van der Waals surface area contributed by atoms with E-state index >= 15 is 0 Å². The average Bonchev–Trinajstić information content (AvgIpc) is 2.48. The van der Waals surface area contributed by atoms with Gasteiger partial charge in [-0.1, -0.05) is 18.2 Å². The second-order valence-corrected chi connectivity index (χ2v) is 5.95. The van der Waals surface area contributed by atoms with Crippen LogP contribution in [-0.2, 0) is 4.74 Å². The van der Waals surface area contributed by atoms with Gasteiger partial charge in [0.1, 0.15) is 0 Å². The highest BCUT2D eigenvalue weighted by atomic mass is 16.5. The molecule has 1 saturated heterocycles. The summed E-state index contributed by atoms with van der Waals surface area (Å²) in [5, 5.41) is 2.27. The van der Waals surface area contributed by atoms with Gasteiger partial charge in [0, 0.05) is 31.6 Å². The molecular formula is C18H26N2O. The van der Waals surface area contributed by atoms with Gasteiger partial charge >= 0.3 is 0 Å². The van der Waals surface area contributed by atoms with Gasteiger partial charge in [-0.05, 0) is 45.3 Å². The molecule has 0 radical (unpaired) electrons. The molecular weight excluding hydrogens is 260 g/mol. The van der Waals surface area contributed by atoms with E-state index in [0.717, 1.165) is 36.9 Å². The van der Waals surface area contributed by atoms with E-state index in [-0.39, 0.29) is 0 Å². The van der Waals surface area contributed by atoms with Crippen molar-refractivity contribution in [2.45, 2.75) is 39.7 Å². The van der Waals surface area contributed by atoms with E-state index in [0.29, 0.717) is 6.10 Å². The summed E-state index contributed by atoms with van der Waals surface area (Å²) in [6.45, 7) is 12.5. The summed E-state index contributed by atoms with van der Waals surface area (Å²) in [6, 6.07) is 4.14. The van der Waals surface area contributed by atoms with Gasteiger partial charge in [0.25, 0.3) is 0 Å². The van der Waals surface area contributed by atoms with E-state index in [9.17, 15) is 0 Å². The maximum atomic E-state index is 5.47. The Bertz CT molecular complexity index is 621. The molecule has 0 aromatic carbocycles. The molecule has 21 heavy (non-hydrogen) atoms. The van der Waals surface area contributed by atoms with Gasteiger partial charge in [-0.25, -0.2) is 0 Å². The van der Waals surface area contributed by atoms with Gasteiger partial charge < -0.3 is 9.64 Å². The molecule has 0 N–H and O–H groups in total. The Kier molecular flexibility index (Phi) is 5.18. The monoisotopic (exact) mass is 286 g/mol. The molecule has 0 saturated carbocycles. The molecule has 1 fully saturated rings. The number of ether oxygens (including phenoxy) is 1. The molecule has 0 spiro atoms. The van der Waals surface area contributed by atoms with Crippen LogP contribution >= 0.6 is 0 Å². The Morgan fingerprint density at radius 3 is 2.48 bits per heavy atom. The van der Waals surface area contributed by atoms with Crippen LogP contribution < -0.4 is 10.6 Å². The summed E-state index contributed by atoms with van der Waals surface area (Å²) in [4.78, 5) is 7.05. The van der Waals surface area contributed by atoms with Gasteiger partial charge in [-0.2, -0.15) is 0 Å². The third-order valence-corrected chi connectivity index (χ3v) is 4.07. The summed E-state index contributed by atoms with van der Waals surface area (Å²) >= 11 is 0. The molecule has 0 atom stereocenters. The summed E-state index contributed by atoms with van der Waals surface area (Å²) in [7, 11) is 1.80. The van der Waals surface area contributed by atoms with Crippen molar-refractivity contribution >= 4 is 11.3 Å². The van der Waals surface area contributed by atoms with Crippen LogP contribution in [0.2, 0.25) is 0 Å². The Morgan fingerprint density at radius 1 is 1.29 bits per heavy atom. The summed E-state index contributed by atoms with van der Waals surface area (Å²) in [6.07, 6.45) is 4.37. The van der Waals surface area contributed by atoms with Gasteiger partial charge in [0.2, 0.25) is 0 Å². The minimum atomic E-state index is 0.385. The van der Waals surface area contributed by atoms with Crippen molar-refractivity contribution in [3.05, 3.63) is 41.0 Å². The van der Waals surface area contributed by atoms with Crippen molar-refractivity contribution < 1.29 is 4.74 Å². The average molecular weight is 286 g/mol. The Hall–Kier alpha value is -1.61. The molecule has 0 amide bonds. The number of hydrogen-bond acceptors (Lipinski definition) is 3. The fraction of sp³-hybridized carbons (Fsp3) is 0.500. The number of piperidine rings is 1. The molecule has 1 aliphatic heterocycles. The van der Waals surface area contributed by atoms with Crippen LogP contribution in [0.1, 0.15) is 33.6 Å². The second-order valence-electron chi connectivity index (χ2n) is 5.95. The molecule has 3 nitrogen and oxygen atoms in total. The predicted molar refractivity (Wildman–Crippen MR) is 88.1 cm³/mol. The minimum Gasteiger partial charge on any atom is -0.381 e. The maximum Gasteiger partial charge on any atom is 0.0937 e. The van der Waals surface area contributed by atoms with Crippen molar-refractivity contribution in [1.29, 1.82) is 0 Å². The van der Waals surface area contributed by atoms with Crippen molar-refractivity contribution in [2.75, 3.05) is 20.2 Å². The number of pyridine rings is 1. The number of rotatable bonds is 3. The molecule has 2 heterocycles. The van der Waals surface area contributed by atoms with Crippen LogP contribution in [0.4, 0.5) is 0 Å². The zero-order valence-corrected chi connectivity index (χ0v) is 13.6. The van der Waals surface area contributed by atoms with E-state index < -0.39 is 0 Å². The normalized spacial score (nSPS) is 17.6. The zero-order chi connectivity index (χ0) is 15.4. The van der Waals surface area contributed by atoms with Gasteiger partial charge in [0.15, 0.2) is 0 Å². The SMILES string of the molecule is C=C(C)/C(=c1/ncccc1=C(C)C)N1CCC(OC)CC1. The highest BCUT2D eigenvalue weighted by Gasteiger charge is 2.21. The quantitative estimate of drug-likeness (QED) is 0.850. The standard InChI is InChI=1S/C18H26N2O/c1-13(2)16-7-6-10-19-17(16)18(14(3)4)20-11-8-15(21-5)9-12-20/h6-7,10,15H,3,8-9,11-12H2,1-2,4-5H3/b18-17-. The van der Waals surface area contributed by atoms with Gasteiger partial charge in [0.05, 0.1) is 17.2 Å². The molecule has 114 valence electrons. The first kappa shape index (κ1) is 15.8. The lowest BCUT2D eigenvalue weighted by atomic mass is 10.0. The molecule has 1 aliphatic rings. The molecule has 1 aromatic heterocycles. The Balaban J connectivity index is 2.53. The summed E-state index contributed by atoms with van der Waals surface area (Å²) < 4.78 is 5.47. The largest absolute Gasteiger partial charge is 0.381 e. The second kappa shape index (κ2) is 6.90. The highest BCUT2D eigenvalue weighted by Crippen LogP contribution is 2.20. The lowest BCUT2D eigenvalue weighted by Crippen LogP contribution is -2.42. The third kappa shape index (κ3) is 3.53. The fourth-order valence-corrected chi connectivity index (χ4v) is 2.93. The summed E-state index contributed by atoms with van der Waals surface area (Å²) in [5.41, 5.74) is 3.54. The summed E-state index contributed by atoms with van der Waals surface area (Å²) in [5.74, 6) is 0. The van der Waals surface area contributed by atoms with Crippen LogP contribution in [0.15, 0.2) is 30.5 Å². The van der Waals surface area contributed by atoms with Crippen molar-refractivity contribution in [1.82, 2.24) is 9.88 Å². The molecule has 1 aromatic rings. The van der Waals surface area contributed by atoms with Crippen LogP contribution in [0.3, 0.4) is 0 Å². The van der Waals surface area contributed by atoms with Crippen molar-refractivity contribution in [3.8, 4) is 0 Å².